The lowest BCUT2D eigenvalue weighted by molar-refractivity contribution is -0.123. The van der Waals surface area contributed by atoms with E-state index >= 15 is 0 Å². The number of hydrogen-bond acceptors (Lipinski definition) is 6. The second kappa shape index (κ2) is 8.83. The molecule has 0 bridgehead atoms. The van der Waals surface area contributed by atoms with Gasteiger partial charge < -0.3 is 9.47 Å². The van der Waals surface area contributed by atoms with Gasteiger partial charge in [0.1, 0.15) is 5.75 Å². The molecule has 0 aliphatic heterocycles. The van der Waals surface area contributed by atoms with Crippen LogP contribution in [0.2, 0.25) is 0 Å². The minimum atomic E-state index is -0.719. The monoisotopic (exact) mass is 393 g/mol. The van der Waals surface area contributed by atoms with Crippen molar-refractivity contribution in [1.29, 1.82) is 0 Å². The molecule has 148 valence electrons. The summed E-state index contributed by atoms with van der Waals surface area (Å²) in [5.41, 5.74) is 2.33. The maximum atomic E-state index is 12.1. The van der Waals surface area contributed by atoms with E-state index in [0.717, 1.165) is 11.4 Å². The average molecular weight is 393 g/mol. The Bertz CT molecular complexity index is 1020. The molecular formula is C21H19N3O5. The quantitative estimate of drug-likeness (QED) is 0.645. The normalized spacial score (nSPS) is 10.3. The summed E-state index contributed by atoms with van der Waals surface area (Å²) in [6.07, 6.45) is 1.68. The Kier molecular flexibility index (Phi) is 6.03. The standard InChI is InChI=1S/C21H19N3O5/c1-14-11-12-22-24(14)17-7-3-16(4-8-17)21(27)29-13-19(25)23-20(26)15-5-9-18(28-2)10-6-15/h3-12H,13H2,1-2H3,(H,23,25,26). The number of esters is 1. The Morgan fingerprint density at radius 2 is 1.62 bits per heavy atom. The lowest BCUT2D eigenvalue weighted by Crippen LogP contribution is -2.34. The zero-order chi connectivity index (χ0) is 20.8. The van der Waals surface area contributed by atoms with E-state index in [1.54, 1.807) is 47.3 Å². The van der Waals surface area contributed by atoms with Crippen LogP contribution in [-0.2, 0) is 9.53 Å². The zero-order valence-electron chi connectivity index (χ0n) is 15.9. The van der Waals surface area contributed by atoms with E-state index in [-0.39, 0.29) is 11.1 Å². The number of carbonyl (C=O) groups is 3. The van der Waals surface area contributed by atoms with Crippen LogP contribution in [0.5, 0.6) is 5.75 Å². The molecule has 0 radical (unpaired) electrons. The number of ether oxygens (including phenoxy) is 2. The molecule has 3 aromatic rings. The molecule has 1 aromatic heterocycles. The highest BCUT2D eigenvalue weighted by Crippen LogP contribution is 2.13. The first-order valence-corrected chi connectivity index (χ1v) is 8.74. The van der Waals surface area contributed by atoms with Crippen LogP contribution in [0.4, 0.5) is 0 Å². The van der Waals surface area contributed by atoms with Gasteiger partial charge in [-0.25, -0.2) is 9.48 Å². The van der Waals surface area contributed by atoms with Crippen molar-refractivity contribution < 1.29 is 23.9 Å². The Labute approximate surface area is 167 Å². The summed E-state index contributed by atoms with van der Waals surface area (Å²) in [6, 6.07) is 14.7. The molecule has 0 aliphatic carbocycles. The molecule has 1 N–H and O–H groups in total. The average Bonchev–Trinajstić information content (AvgIpc) is 3.18. The van der Waals surface area contributed by atoms with Crippen molar-refractivity contribution in [2.24, 2.45) is 0 Å². The molecular weight excluding hydrogens is 374 g/mol. The van der Waals surface area contributed by atoms with E-state index in [1.807, 2.05) is 13.0 Å². The lowest BCUT2D eigenvalue weighted by atomic mass is 10.2. The summed E-state index contributed by atoms with van der Waals surface area (Å²) in [5.74, 6) is -1.38. The van der Waals surface area contributed by atoms with Crippen LogP contribution in [0.25, 0.3) is 5.69 Å². The minimum absolute atomic E-state index is 0.285. The molecule has 8 heteroatoms. The number of carbonyl (C=O) groups excluding carboxylic acids is 3. The summed E-state index contributed by atoms with van der Waals surface area (Å²) >= 11 is 0. The van der Waals surface area contributed by atoms with Gasteiger partial charge in [-0.15, -0.1) is 0 Å². The van der Waals surface area contributed by atoms with E-state index in [0.29, 0.717) is 5.75 Å². The van der Waals surface area contributed by atoms with Gasteiger partial charge in [0.05, 0.1) is 18.4 Å². The van der Waals surface area contributed by atoms with Gasteiger partial charge >= 0.3 is 5.97 Å². The lowest BCUT2D eigenvalue weighted by Gasteiger charge is -2.08. The van der Waals surface area contributed by atoms with Crippen molar-refractivity contribution in [3.05, 3.63) is 77.6 Å². The van der Waals surface area contributed by atoms with Crippen LogP contribution in [0, 0.1) is 6.92 Å². The first-order chi connectivity index (χ1) is 14.0. The molecule has 0 atom stereocenters. The molecule has 0 unspecified atom stereocenters. The molecule has 2 aromatic carbocycles. The summed E-state index contributed by atoms with van der Waals surface area (Å²) in [6.45, 7) is 1.35. The summed E-state index contributed by atoms with van der Waals surface area (Å²) in [7, 11) is 1.51. The third kappa shape index (κ3) is 4.86. The van der Waals surface area contributed by atoms with Crippen molar-refractivity contribution in [1.82, 2.24) is 15.1 Å². The van der Waals surface area contributed by atoms with Gasteiger partial charge in [0.25, 0.3) is 11.8 Å². The molecule has 0 aliphatic rings. The van der Waals surface area contributed by atoms with Gasteiger partial charge in [-0.3, -0.25) is 14.9 Å². The molecule has 0 fully saturated rings. The number of nitrogens with zero attached hydrogens (tertiary/aromatic N) is 2. The third-order valence-electron chi connectivity index (χ3n) is 4.12. The predicted octanol–water partition coefficient (Wildman–Crippen LogP) is 2.30. The van der Waals surface area contributed by atoms with Crippen molar-refractivity contribution in [3.8, 4) is 11.4 Å². The fourth-order valence-electron chi connectivity index (χ4n) is 2.57. The molecule has 0 saturated carbocycles. The number of aryl methyl sites for hydroxylation is 1. The van der Waals surface area contributed by atoms with E-state index in [9.17, 15) is 14.4 Å². The first-order valence-electron chi connectivity index (χ1n) is 8.74. The van der Waals surface area contributed by atoms with Gasteiger partial charge in [0, 0.05) is 17.5 Å². The smallest absolute Gasteiger partial charge is 0.338 e. The predicted molar refractivity (Wildman–Crippen MR) is 104 cm³/mol. The highest BCUT2D eigenvalue weighted by atomic mass is 16.5. The fourth-order valence-corrected chi connectivity index (χ4v) is 2.57. The highest BCUT2D eigenvalue weighted by Gasteiger charge is 2.14. The van der Waals surface area contributed by atoms with Crippen molar-refractivity contribution in [2.45, 2.75) is 6.92 Å². The van der Waals surface area contributed by atoms with Gasteiger partial charge in [-0.1, -0.05) is 0 Å². The Morgan fingerprint density at radius 3 is 2.21 bits per heavy atom. The topological polar surface area (TPSA) is 99.5 Å². The summed E-state index contributed by atoms with van der Waals surface area (Å²) < 4.78 is 11.7. The second-order valence-electron chi connectivity index (χ2n) is 6.11. The van der Waals surface area contributed by atoms with E-state index in [2.05, 4.69) is 10.4 Å². The molecule has 1 heterocycles. The van der Waals surface area contributed by atoms with Crippen molar-refractivity contribution in [2.75, 3.05) is 13.7 Å². The van der Waals surface area contributed by atoms with Crippen molar-refractivity contribution in [3.63, 3.8) is 0 Å². The van der Waals surface area contributed by atoms with Gasteiger partial charge in [-0.05, 0) is 61.5 Å². The SMILES string of the molecule is COc1ccc(C(=O)NC(=O)COC(=O)c2ccc(-n3nccc3C)cc2)cc1. The maximum Gasteiger partial charge on any atom is 0.338 e. The minimum Gasteiger partial charge on any atom is -0.497 e. The Balaban J connectivity index is 1.52. The van der Waals surface area contributed by atoms with Crippen LogP contribution in [-0.4, -0.2) is 41.3 Å². The molecule has 2 amide bonds. The summed E-state index contributed by atoms with van der Waals surface area (Å²) in [4.78, 5) is 36.0. The van der Waals surface area contributed by atoms with E-state index in [4.69, 9.17) is 9.47 Å². The van der Waals surface area contributed by atoms with Crippen LogP contribution in [0.3, 0.4) is 0 Å². The molecule has 8 nitrogen and oxygen atoms in total. The third-order valence-corrected chi connectivity index (χ3v) is 4.12. The number of benzene rings is 2. The van der Waals surface area contributed by atoms with Crippen LogP contribution < -0.4 is 10.1 Å². The van der Waals surface area contributed by atoms with Crippen molar-refractivity contribution >= 4 is 17.8 Å². The van der Waals surface area contributed by atoms with Crippen LogP contribution in [0.15, 0.2) is 60.8 Å². The number of imide groups is 1. The Morgan fingerprint density at radius 1 is 0.966 bits per heavy atom. The number of rotatable bonds is 6. The highest BCUT2D eigenvalue weighted by molar-refractivity contribution is 6.05. The van der Waals surface area contributed by atoms with Crippen LogP contribution >= 0.6 is 0 Å². The van der Waals surface area contributed by atoms with E-state index < -0.39 is 24.4 Å². The fraction of sp³-hybridized carbons (Fsp3) is 0.143. The number of aromatic nitrogens is 2. The Hall–Kier alpha value is -3.94. The van der Waals surface area contributed by atoms with Gasteiger partial charge in [0.2, 0.25) is 0 Å². The maximum absolute atomic E-state index is 12.1. The van der Waals surface area contributed by atoms with Gasteiger partial charge in [0.15, 0.2) is 6.61 Å². The molecule has 0 saturated heterocycles. The first kappa shape index (κ1) is 19.8. The number of amides is 2. The van der Waals surface area contributed by atoms with E-state index in [1.165, 1.54) is 19.2 Å². The number of nitrogens with one attached hydrogen (secondary N) is 1. The molecule has 29 heavy (non-hydrogen) atoms. The molecule has 0 spiro atoms. The summed E-state index contributed by atoms with van der Waals surface area (Å²) in [5, 5.41) is 6.36. The molecule has 3 rings (SSSR count). The van der Waals surface area contributed by atoms with Gasteiger partial charge in [-0.2, -0.15) is 5.10 Å². The number of methoxy groups -OCH3 is 1. The second-order valence-corrected chi connectivity index (χ2v) is 6.11. The zero-order valence-corrected chi connectivity index (χ0v) is 15.9. The largest absolute Gasteiger partial charge is 0.497 e. The van der Waals surface area contributed by atoms with Crippen LogP contribution in [0.1, 0.15) is 26.4 Å². The number of hydrogen-bond donors (Lipinski definition) is 1.